The number of rotatable bonds is 2. The van der Waals surface area contributed by atoms with Crippen molar-refractivity contribution in [3.63, 3.8) is 0 Å². The number of nitrogens with zero attached hydrogens (tertiary/aromatic N) is 4. The van der Waals surface area contributed by atoms with Crippen LogP contribution in [0.4, 0.5) is 11.6 Å². The zero-order valence-electron chi connectivity index (χ0n) is 13.9. The minimum absolute atomic E-state index is 0.187. The molecule has 0 bridgehead atoms. The number of nitrogens with two attached hydrogens (primary N) is 1. The van der Waals surface area contributed by atoms with Gasteiger partial charge in [0.1, 0.15) is 0 Å². The van der Waals surface area contributed by atoms with Crippen LogP contribution in [-0.4, -0.2) is 47.2 Å². The van der Waals surface area contributed by atoms with Crippen molar-refractivity contribution >= 4 is 17.3 Å². The molecule has 1 aliphatic heterocycles. The molecule has 1 atom stereocenters. The average Bonchev–Trinajstić information content (AvgIpc) is 2.67. The van der Waals surface area contributed by atoms with Crippen LogP contribution in [0.3, 0.4) is 0 Å². The van der Waals surface area contributed by atoms with Gasteiger partial charge in [-0.25, -0.2) is 9.97 Å². The Bertz CT molecular complexity index is 802. The molecular formula is C18H21N5O2. The fourth-order valence-electron chi connectivity index (χ4n) is 3.72. The first kappa shape index (κ1) is 15.8. The van der Waals surface area contributed by atoms with Gasteiger partial charge in [-0.3, -0.25) is 0 Å². The zero-order valence-corrected chi connectivity index (χ0v) is 13.9. The van der Waals surface area contributed by atoms with Crippen molar-refractivity contribution in [1.82, 2.24) is 9.97 Å². The van der Waals surface area contributed by atoms with Crippen LogP contribution in [0.2, 0.25) is 0 Å². The predicted octanol–water partition coefficient (Wildman–Crippen LogP) is 1.80. The van der Waals surface area contributed by atoms with E-state index >= 15 is 0 Å². The maximum absolute atomic E-state index is 9.46. The van der Waals surface area contributed by atoms with Crippen molar-refractivity contribution in [2.24, 2.45) is 5.16 Å². The standard InChI is InChI=1S/C18H21N5O2/c19-18-20-11-14-15(21-18)9-12(10-16(14)22-24)13-3-1-2-4-17(13)23-5-7-25-8-6-23/h1-4,11-12,24H,5-10H2,(H2,19,20,21)/b22-16-. The largest absolute Gasteiger partial charge is 0.411 e. The van der Waals surface area contributed by atoms with Crippen LogP contribution in [0, 0.1) is 0 Å². The Morgan fingerprint density at radius 2 is 2.00 bits per heavy atom. The van der Waals surface area contributed by atoms with Crippen LogP contribution < -0.4 is 10.6 Å². The predicted molar refractivity (Wildman–Crippen MR) is 95.3 cm³/mol. The second kappa shape index (κ2) is 6.68. The van der Waals surface area contributed by atoms with E-state index in [0.717, 1.165) is 44.0 Å². The van der Waals surface area contributed by atoms with E-state index in [2.05, 4.69) is 44.3 Å². The number of hydrogen-bond donors (Lipinski definition) is 2. The summed E-state index contributed by atoms with van der Waals surface area (Å²) in [6, 6.07) is 8.42. The summed E-state index contributed by atoms with van der Waals surface area (Å²) in [5, 5.41) is 13.0. The van der Waals surface area contributed by atoms with Gasteiger partial charge in [0.2, 0.25) is 5.95 Å². The highest BCUT2D eigenvalue weighted by atomic mass is 16.5. The number of ether oxygens (including phenoxy) is 1. The number of hydrogen-bond acceptors (Lipinski definition) is 7. The molecule has 1 aromatic carbocycles. The van der Waals surface area contributed by atoms with E-state index in [-0.39, 0.29) is 11.9 Å². The second-order valence-corrected chi connectivity index (χ2v) is 6.40. The summed E-state index contributed by atoms with van der Waals surface area (Å²) in [4.78, 5) is 10.8. The van der Waals surface area contributed by atoms with Gasteiger partial charge < -0.3 is 20.6 Å². The normalized spacial score (nSPS) is 22.0. The van der Waals surface area contributed by atoms with Crippen LogP contribution in [0.1, 0.15) is 29.2 Å². The lowest BCUT2D eigenvalue weighted by Crippen LogP contribution is -2.37. The average molecular weight is 339 g/mol. The van der Waals surface area contributed by atoms with Crippen LogP contribution in [0.25, 0.3) is 0 Å². The smallest absolute Gasteiger partial charge is 0.220 e. The Hall–Kier alpha value is -2.67. The highest BCUT2D eigenvalue weighted by Gasteiger charge is 2.29. The zero-order chi connectivity index (χ0) is 17.2. The van der Waals surface area contributed by atoms with Crippen molar-refractivity contribution in [2.45, 2.75) is 18.8 Å². The number of oxime groups is 1. The number of fused-ring (bicyclic) bond motifs is 1. The molecule has 25 heavy (non-hydrogen) atoms. The third kappa shape index (κ3) is 3.02. The first-order valence-electron chi connectivity index (χ1n) is 8.50. The lowest BCUT2D eigenvalue weighted by atomic mass is 9.81. The van der Waals surface area contributed by atoms with Gasteiger partial charge in [0, 0.05) is 37.0 Å². The first-order valence-corrected chi connectivity index (χ1v) is 8.50. The van der Waals surface area contributed by atoms with E-state index in [9.17, 15) is 5.21 Å². The molecule has 2 heterocycles. The summed E-state index contributed by atoms with van der Waals surface area (Å²) >= 11 is 0. The monoisotopic (exact) mass is 339 g/mol. The fourth-order valence-corrected chi connectivity index (χ4v) is 3.72. The maximum Gasteiger partial charge on any atom is 0.220 e. The van der Waals surface area contributed by atoms with Gasteiger partial charge in [0.05, 0.1) is 24.6 Å². The number of benzene rings is 1. The molecule has 2 aliphatic rings. The third-order valence-electron chi connectivity index (χ3n) is 4.93. The summed E-state index contributed by atoms with van der Waals surface area (Å²) in [5.41, 5.74) is 10.5. The molecule has 0 spiro atoms. The van der Waals surface area contributed by atoms with Gasteiger partial charge in [0.25, 0.3) is 0 Å². The van der Waals surface area contributed by atoms with Gasteiger partial charge in [-0.15, -0.1) is 0 Å². The molecule has 1 aromatic heterocycles. The molecule has 1 aliphatic carbocycles. The first-order chi connectivity index (χ1) is 12.3. The molecule has 3 N–H and O–H groups in total. The quantitative estimate of drug-likeness (QED) is 0.640. The summed E-state index contributed by atoms with van der Waals surface area (Å²) < 4.78 is 5.48. The molecule has 7 nitrogen and oxygen atoms in total. The van der Waals surface area contributed by atoms with Crippen molar-refractivity contribution in [1.29, 1.82) is 0 Å². The van der Waals surface area contributed by atoms with Crippen LogP contribution in [0.5, 0.6) is 0 Å². The minimum Gasteiger partial charge on any atom is -0.411 e. The lowest BCUT2D eigenvalue weighted by Gasteiger charge is -2.33. The van der Waals surface area contributed by atoms with Crippen molar-refractivity contribution in [3.05, 3.63) is 47.3 Å². The number of anilines is 2. The van der Waals surface area contributed by atoms with Gasteiger partial charge >= 0.3 is 0 Å². The fraction of sp³-hybridized carbons (Fsp3) is 0.389. The number of morpholine rings is 1. The molecule has 7 heteroatoms. The van der Waals surface area contributed by atoms with Crippen LogP contribution in [-0.2, 0) is 11.2 Å². The summed E-state index contributed by atoms with van der Waals surface area (Å²) in [7, 11) is 0. The molecule has 0 amide bonds. The Labute approximate surface area is 146 Å². The Kier molecular flexibility index (Phi) is 4.23. The van der Waals surface area contributed by atoms with Crippen LogP contribution in [0.15, 0.2) is 35.6 Å². The summed E-state index contributed by atoms with van der Waals surface area (Å²) in [6.45, 7) is 3.26. The van der Waals surface area contributed by atoms with Crippen molar-refractivity contribution < 1.29 is 9.94 Å². The Morgan fingerprint density at radius 1 is 1.20 bits per heavy atom. The topological polar surface area (TPSA) is 96.9 Å². The molecule has 1 fully saturated rings. The molecular weight excluding hydrogens is 318 g/mol. The van der Waals surface area contributed by atoms with Gasteiger partial charge in [-0.1, -0.05) is 23.4 Å². The number of nitrogen functional groups attached to an aromatic ring is 1. The molecule has 0 saturated carbocycles. The summed E-state index contributed by atoms with van der Waals surface area (Å²) in [5.74, 6) is 0.435. The van der Waals surface area contributed by atoms with E-state index in [0.29, 0.717) is 12.1 Å². The molecule has 4 rings (SSSR count). The van der Waals surface area contributed by atoms with Crippen molar-refractivity contribution in [2.75, 3.05) is 36.9 Å². The molecule has 1 unspecified atom stereocenters. The summed E-state index contributed by atoms with van der Waals surface area (Å²) in [6.07, 6.45) is 3.05. The highest BCUT2D eigenvalue weighted by Crippen LogP contribution is 2.37. The number of aromatic nitrogens is 2. The van der Waals surface area contributed by atoms with E-state index in [1.54, 1.807) is 6.20 Å². The Balaban J connectivity index is 1.71. The second-order valence-electron chi connectivity index (χ2n) is 6.40. The lowest BCUT2D eigenvalue weighted by molar-refractivity contribution is 0.122. The van der Waals surface area contributed by atoms with Crippen molar-refractivity contribution in [3.8, 4) is 0 Å². The number of para-hydroxylation sites is 1. The molecule has 2 aromatic rings. The van der Waals surface area contributed by atoms with Gasteiger partial charge in [-0.05, 0) is 24.0 Å². The SMILES string of the molecule is Nc1ncc2c(n1)CC(c1ccccc1N1CCOCC1)C/C2=N/O. The van der Waals surface area contributed by atoms with E-state index < -0.39 is 0 Å². The Morgan fingerprint density at radius 3 is 2.80 bits per heavy atom. The minimum atomic E-state index is 0.187. The molecule has 130 valence electrons. The molecule has 1 saturated heterocycles. The van der Waals surface area contributed by atoms with E-state index in [1.165, 1.54) is 11.3 Å². The van der Waals surface area contributed by atoms with Crippen LogP contribution >= 0.6 is 0 Å². The van der Waals surface area contributed by atoms with E-state index in [4.69, 9.17) is 10.5 Å². The molecule has 0 radical (unpaired) electrons. The maximum atomic E-state index is 9.46. The highest BCUT2D eigenvalue weighted by molar-refractivity contribution is 6.02. The van der Waals surface area contributed by atoms with E-state index in [1.807, 2.05) is 0 Å². The third-order valence-corrected chi connectivity index (χ3v) is 4.93. The van der Waals surface area contributed by atoms with Gasteiger partial charge in [0.15, 0.2) is 0 Å². The van der Waals surface area contributed by atoms with Gasteiger partial charge in [-0.2, -0.15) is 0 Å².